The summed E-state index contributed by atoms with van der Waals surface area (Å²) >= 11 is 0. The maximum atomic E-state index is 14.4. The SMILES string of the molecule is Cn1cc(C=NNC(=O)c2cc3n(n2)C(C(F)(F)C(F)(F)F)CC(c2ccc(F)cc2)N3)cn1. The molecule has 1 aromatic carbocycles. The highest BCUT2D eigenvalue weighted by molar-refractivity contribution is 5.93. The highest BCUT2D eigenvalue weighted by Gasteiger charge is 2.64. The second kappa shape index (κ2) is 8.50. The number of hydrazone groups is 1. The summed E-state index contributed by atoms with van der Waals surface area (Å²) in [4.78, 5) is 12.4. The molecule has 3 heterocycles. The van der Waals surface area contributed by atoms with E-state index in [1.54, 1.807) is 13.2 Å². The van der Waals surface area contributed by atoms with E-state index < -0.39 is 48.0 Å². The quantitative estimate of drug-likeness (QED) is 0.327. The van der Waals surface area contributed by atoms with E-state index in [9.17, 15) is 31.1 Å². The molecule has 14 heteroatoms. The molecule has 0 saturated carbocycles. The van der Waals surface area contributed by atoms with Gasteiger partial charge in [-0.3, -0.25) is 9.48 Å². The van der Waals surface area contributed by atoms with Gasteiger partial charge in [-0.05, 0) is 17.7 Å². The number of aromatic nitrogens is 4. The molecule has 0 bridgehead atoms. The zero-order chi connectivity index (χ0) is 24.7. The molecule has 0 radical (unpaired) electrons. The lowest BCUT2D eigenvalue weighted by atomic mass is 9.93. The minimum atomic E-state index is -5.86. The third-order valence-corrected chi connectivity index (χ3v) is 5.22. The smallest absolute Gasteiger partial charge is 0.363 e. The largest absolute Gasteiger partial charge is 0.455 e. The van der Waals surface area contributed by atoms with Gasteiger partial charge >= 0.3 is 12.1 Å². The van der Waals surface area contributed by atoms with Gasteiger partial charge < -0.3 is 5.32 Å². The summed E-state index contributed by atoms with van der Waals surface area (Å²) in [5.41, 5.74) is 2.57. The van der Waals surface area contributed by atoms with Crippen molar-refractivity contribution in [2.24, 2.45) is 12.1 Å². The molecule has 2 atom stereocenters. The first kappa shape index (κ1) is 23.3. The molecule has 2 unspecified atom stereocenters. The van der Waals surface area contributed by atoms with Crippen LogP contribution in [0.2, 0.25) is 0 Å². The molecule has 1 aliphatic heterocycles. The van der Waals surface area contributed by atoms with Crippen molar-refractivity contribution in [3.05, 3.63) is 65.4 Å². The third kappa shape index (κ3) is 4.47. The zero-order valence-electron chi connectivity index (χ0n) is 17.4. The first-order valence-electron chi connectivity index (χ1n) is 9.84. The van der Waals surface area contributed by atoms with Gasteiger partial charge in [0.25, 0.3) is 5.91 Å². The Balaban J connectivity index is 1.63. The summed E-state index contributed by atoms with van der Waals surface area (Å²) in [7, 11) is 1.67. The van der Waals surface area contributed by atoms with Gasteiger partial charge in [0, 0.05) is 31.3 Å². The average molecular weight is 485 g/mol. The van der Waals surface area contributed by atoms with Crippen LogP contribution < -0.4 is 10.7 Å². The number of anilines is 1. The minimum Gasteiger partial charge on any atom is -0.363 e. The molecule has 34 heavy (non-hydrogen) atoms. The highest BCUT2D eigenvalue weighted by Crippen LogP contribution is 2.50. The van der Waals surface area contributed by atoms with Gasteiger partial charge in [-0.2, -0.15) is 37.3 Å². The van der Waals surface area contributed by atoms with E-state index in [0.717, 1.165) is 18.2 Å². The second-order valence-corrected chi connectivity index (χ2v) is 7.63. The maximum absolute atomic E-state index is 14.4. The predicted octanol–water partition coefficient (Wildman–Crippen LogP) is 3.82. The van der Waals surface area contributed by atoms with Crippen LogP contribution in [0.25, 0.3) is 0 Å². The van der Waals surface area contributed by atoms with E-state index in [1.165, 1.54) is 29.2 Å². The summed E-state index contributed by atoms with van der Waals surface area (Å²) in [5, 5.41) is 14.1. The van der Waals surface area contributed by atoms with Gasteiger partial charge in [-0.25, -0.2) is 14.5 Å². The van der Waals surface area contributed by atoms with E-state index in [1.807, 2.05) is 0 Å². The van der Waals surface area contributed by atoms with Crippen molar-refractivity contribution in [2.45, 2.75) is 30.6 Å². The number of fused-ring (bicyclic) bond motifs is 1. The number of carbonyl (C=O) groups is 1. The summed E-state index contributed by atoms with van der Waals surface area (Å²) < 4.78 is 83.8. The van der Waals surface area contributed by atoms with Gasteiger partial charge in [0.05, 0.1) is 18.5 Å². The Morgan fingerprint density at radius 3 is 2.56 bits per heavy atom. The van der Waals surface area contributed by atoms with Gasteiger partial charge in [0.2, 0.25) is 0 Å². The Bertz CT molecular complexity index is 1210. The summed E-state index contributed by atoms with van der Waals surface area (Å²) in [6, 6.07) is 2.29. The van der Waals surface area contributed by atoms with Crippen LogP contribution in [0.15, 0.2) is 47.8 Å². The van der Waals surface area contributed by atoms with Crippen LogP contribution in [0.3, 0.4) is 0 Å². The topological polar surface area (TPSA) is 89.1 Å². The second-order valence-electron chi connectivity index (χ2n) is 7.63. The molecule has 4 rings (SSSR count). The molecule has 2 N–H and O–H groups in total. The number of benzene rings is 1. The first-order valence-corrected chi connectivity index (χ1v) is 9.84. The van der Waals surface area contributed by atoms with E-state index in [0.29, 0.717) is 15.8 Å². The Hall–Kier alpha value is -3.84. The van der Waals surface area contributed by atoms with Gasteiger partial charge in [-0.1, -0.05) is 12.1 Å². The molecule has 0 saturated heterocycles. The van der Waals surface area contributed by atoms with Crippen molar-refractivity contribution in [3.8, 4) is 0 Å². The predicted molar refractivity (Wildman–Crippen MR) is 108 cm³/mol. The van der Waals surface area contributed by atoms with E-state index >= 15 is 0 Å². The molecule has 3 aromatic rings. The molecular weight excluding hydrogens is 468 g/mol. The molecule has 180 valence electrons. The van der Waals surface area contributed by atoms with Crippen molar-refractivity contribution in [1.82, 2.24) is 25.0 Å². The Kier molecular flexibility index (Phi) is 5.83. The lowest BCUT2D eigenvalue weighted by Gasteiger charge is -2.37. The molecule has 1 aliphatic rings. The molecule has 1 amide bonds. The molecule has 2 aromatic heterocycles. The number of amides is 1. The van der Waals surface area contributed by atoms with Gasteiger partial charge in [-0.15, -0.1) is 0 Å². The standard InChI is InChI=1S/C20H17F6N7O/c1-32-10-11(9-28-32)8-27-30-18(34)15-7-17-29-14(12-2-4-13(21)5-3-12)6-16(33(17)31-15)19(22,23)20(24,25)26/h2-5,7-10,14,16,29H,6H2,1H3,(H,30,34). The van der Waals surface area contributed by atoms with Crippen LogP contribution in [-0.2, 0) is 7.05 Å². The summed E-state index contributed by atoms with van der Waals surface area (Å²) in [5.74, 6) is -6.89. The molecule has 8 nitrogen and oxygen atoms in total. The number of hydrogen-bond donors (Lipinski definition) is 2. The number of rotatable bonds is 5. The lowest BCUT2D eigenvalue weighted by Crippen LogP contribution is -2.47. The van der Waals surface area contributed by atoms with Crippen molar-refractivity contribution in [3.63, 3.8) is 0 Å². The first-order chi connectivity index (χ1) is 16.0. The Morgan fingerprint density at radius 2 is 1.94 bits per heavy atom. The van der Waals surface area contributed by atoms with Gasteiger partial charge in [0.15, 0.2) is 5.69 Å². The molecule has 0 aliphatic carbocycles. The average Bonchev–Trinajstić information content (AvgIpc) is 3.38. The third-order valence-electron chi connectivity index (χ3n) is 5.22. The highest BCUT2D eigenvalue weighted by atomic mass is 19.4. The lowest BCUT2D eigenvalue weighted by molar-refractivity contribution is -0.301. The zero-order valence-corrected chi connectivity index (χ0v) is 17.4. The maximum Gasteiger partial charge on any atom is 0.455 e. The van der Waals surface area contributed by atoms with E-state index in [2.05, 4.69) is 26.0 Å². The Morgan fingerprint density at radius 1 is 1.24 bits per heavy atom. The van der Waals surface area contributed by atoms with E-state index in [4.69, 9.17) is 0 Å². The van der Waals surface area contributed by atoms with Crippen LogP contribution in [0, 0.1) is 5.82 Å². The summed E-state index contributed by atoms with van der Waals surface area (Å²) in [6.07, 6.45) is -2.23. The van der Waals surface area contributed by atoms with Crippen LogP contribution in [0.4, 0.5) is 32.2 Å². The Labute approximate surface area is 188 Å². The number of nitrogens with one attached hydrogen (secondary N) is 2. The fourth-order valence-corrected chi connectivity index (χ4v) is 3.55. The number of hydrogen-bond acceptors (Lipinski definition) is 5. The van der Waals surface area contributed by atoms with Crippen LogP contribution in [-0.4, -0.2) is 43.8 Å². The molecule has 0 spiro atoms. The van der Waals surface area contributed by atoms with Crippen LogP contribution >= 0.6 is 0 Å². The van der Waals surface area contributed by atoms with Crippen LogP contribution in [0.5, 0.6) is 0 Å². The fourth-order valence-electron chi connectivity index (χ4n) is 3.55. The number of halogens is 6. The van der Waals surface area contributed by atoms with Crippen LogP contribution in [0.1, 0.15) is 40.1 Å². The van der Waals surface area contributed by atoms with Crippen molar-refractivity contribution < 1.29 is 31.1 Å². The monoisotopic (exact) mass is 485 g/mol. The van der Waals surface area contributed by atoms with Crippen molar-refractivity contribution >= 4 is 17.9 Å². The van der Waals surface area contributed by atoms with Crippen molar-refractivity contribution in [1.29, 1.82) is 0 Å². The van der Waals surface area contributed by atoms with E-state index in [-0.39, 0.29) is 5.82 Å². The molecule has 0 fully saturated rings. The summed E-state index contributed by atoms with van der Waals surface area (Å²) in [6.45, 7) is 0. The number of aryl methyl sites for hydroxylation is 1. The number of carbonyl (C=O) groups excluding carboxylic acids is 1. The van der Waals surface area contributed by atoms with Gasteiger partial charge in [0.1, 0.15) is 17.7 Å². The molecular formula is C20H17F6N7O. The normalized spacial score (nSPS) is 18.6. The number of nitrogens with zero attached hydrogens (tertiary/aromatic N) is 5. The number of alkyl halides is 5. The van der Waals surface area contributed by atoms with Crippen molar-refractivity contribution in [2.75, 3.05) is 5.32 Å². The minimum absolute atomic E-state index is 0.226. The fraction of sp³-hybridized carbons (Fsp3) is 0.300.